The number of nitrogens with one attached hydrogen (secondary N) is 3. The zero-order valence-corrected chi connectivity index (χ0v) is 11.2. The summed E-state index contributed by atoms with van der Waals surface area (Å²) in [7, 11) is 4.12. The lowest BCUT2D eigenvalue weighted by Crippen LogP contribution is -2.21. The minimum atomic E-state index is -0.0772. The van der Waals surface area contributed by atoms with Crippen LogP contribution in [-0.4, -0.2) is 43.0 Å². The molecule has 0 atom stereocenters. The van der Waals surface area contributed by atoms with Gasteiger partial charge in [0.2, 0.25) is 0 Å². The lowest BCUT2D eigenvalue weighted by molar-refractivity contribution is 0.405. The number of hydrogen-bond acceptors (Lipinski definition) is 4. The summed E-state index contributed by atoms with van der Waals surface area (Å²) in [5, 5.41) is 13.2. The third-order valence-corrected chi connectivity index (χ3v) is 2.44. The van der Waals surface area contributed by atoms with Crippen molar-refractivity contribution in [1.29, 1.82) is 5.41 Å². The number of anilines is 2. The van der Waals surface area contributed by atoms with Crippen molar-refractivity contribution in [3.05, 3.63) is 17.8 Å². The van der Waals surface area contributed by atoms with Crippen LogP contribution in [0.4, 0.5) is 11.5 Å². The molecule has 0 amide bonds. The maximum atomic E-state index is 7.18. The highest BCUT2D eigenvalue weighted by Gasteiger charge is 2.02. The number of rotatable bonds is 6. The fourth-order valence-corrected chi connectivity index (χ4v) is 1.55. The van der Waals surface area contributed by atoms with Gasteiger partial charge in [-0.25, -0.2) is 4.98 Å². The number of nitrogens with two attached hydrogens (primary N) is 1. The monoisotopic (exact) mass is 250 g/mol. The van der Waals surface area contributed by atoms with Crippen LogP contribution in [0.15, 0.2) is 12.1 Å². The van der Waals surface area contributed by atoms with Crippen LogP contribution in [0, 0.1) is 12.3 Å². The molecule has 0 bridgehead atoms. The second-order valence-electron chi connectivity index (χ2n) is 4.45. The molecule has 100 valence electrons. The Morgan fingerprint density at radius 2 is 2.17 bits per heavy atom. The molecule has 1 aromatic rings. The van der Waals surface area contributed by atoms with Crippen LogP contribution in [0.1, 0.15) is 12.1 Å². The Balaban J connectivity index is 2.48. The molecule has 0 saturated carbocycles. The van der Waals surface area contributed by atoms with E-state index in [0.29, 0.717) is 0 Å². The largest absolute Gasteiger partial charge is 0.370 e. The molecular formula is C12H22N6. The second kappa shape index (κ2) is 6.80. The minimum Gasteiger partial charge on any atom is -0.370 e. The van der Waals surface area contributed by atoms with E-state index in [1.54, 1.807) is 0 Å². The molecule has 6 nitrogen and oxygen atoms in total. The molecule has 0 fully saturated rings. The lowest BCUT2D eigenvalue weighted by atomic mass is 10.3. The Hall–Kier alpha value is -1.82. The second-order valence-corrected chi connectivity index (χ2v) is 4.45. The molecule has 18 heavy (non-hydrogen) atoms. The third-order valence-electron chi connectivity index (χ3n) is 2.44. The van der Waals surface area contributed by atoms with Gasteiger partial charge in [0.1, 0.15) is 5.82 Å². The predicted molar refractivity (Wildman–Crippen MR) is 76.2 cm³/mol. The number of hydrogen-bond donors (Lipinski definition) is 4. The maximum absolute atomic E-state index is 7.18. The predicted octanol–water partition coefficient (Wildman–Crippen LogP) is 1.06. The van der Waals surface area contributed by atoms with Crippen LogP contribution >= 0.6 is 0 Å². The molecule has 0 spiro atoms. The van der Waals surface area contributed by atoms with Gasteiger partial charge in [0.25, 0.3) is 0 Å². The van der Waals surface area contributed by atoms with E-state index in [1.165, 1.54) is 0 Å². The topological polar surface area (TPSA) is 90.1 Å². The zero-order chi connectivity index (χ0) is 13.5. The fraction of sp³-hybridized carbons (Fsp3) is 0.500. The lowest BCUT2D eigenvalue weighted by Gasteiger charge is -2.12. The van der Waals surface area contributed by atoms with E-state index in [1.807, 2.05) is 19.1 Å². The van der Waals surface area contributed by atoms with E-state index in [4.69, 9.17) is 11.1 Å². The normalized spacial score (nSPS) is 10.4. The van der Waals surface area contributed by atoms with Gasteiger partial charge in [-0.15, -0.1) is 0 Å². The molecule has 0 unspecified atom stereocenters. The maximum Gasteiger partial charge on any atom is 0.190 e. The molecule has 5 N–H and O–H groups in total. The zero-order valence-electron chi connectivity index (χ0n) is 11.2. The highest BCUT2D eigenvalue weighted by atomic mass is 15.1. The van der Waals surface area contributed by atoms with Crippen LogP contribution in [0.5, 0.6) is 0 Å². The molecular weight excluding hydrogens is 228 g/mol. The Morgan fingerprint density at radius 3 is 2.72 bits per heavy atom. The highest BCUT2D eigenvalue weighted by molar-refractivity contribution is 5.90. The van der Waals surface area contributed by atoms with Gasteiger partial charge in [-0.05, 0) is 46.1 Å². The van der Waals surface area contributed by atoms with Crippen LogP contribution in [0.25, 0.3) is 0 Å². The van der Waals surface area contributed by atoms with Crippen LogP contribution in [0.3, 0.4) is 0 Å². The van der Waals surface area contributed by atoms with Crippen LogP contribution < -0.4 is 16.4 Å². The Kier molecular flexibility index (Phi) is 5.38. The summed E-state index contributed by atoms with van der Waals surface area (Å²) < 4.78 is 0. The first kappa shape index (κ1) is 14.2. The van der Waals surface area contributed by atoms with Gasteiger partial charge < -0.3 is 21.3 Å². The molecule has 1 aromatic heterocycles. The third kappa shape index (κ3) is 5.01. The smallest absolute Gasteiger partial charge is 0.190 e. The van der Waals surface area contributed by atoms with Crippen molar-refractivity contribution in [3.8, 4) is 0 Å². The number of aryl methyl sites for hydroxylation is 1. The Labute approximate surface area is 108 Å². The number of pyridine rings is 1. The quantitative estimate of drug-likeness (QED) is 0.344. The van der Waals surface area contributed by atoms with E-state index in [0.717, 1.165) is 36.7 Å². The molecule has 1 rings (SSSR count). The van der Waals surface area contributed by atoms with Crippen molar-refractivity contribution in [1.82, 2.24) is 9.88 Å². The summed E-state index contributed by atoms with van der Waals surface area (Å²) >= 11 is 0. The molecule has 0 aliphatic heterocycles. The SMILES string of the molecule is Cc1nc(NCCCN(C)C)ccc1NC(=N)N. The summed E-state index contributed by atoms with van der Waals surface area (Å²) in [5.74, 6) is 0.770. The van der Waals surface area contributed by atoms with E-state index >= 15 is 0 Å². The average Bonchev–Trinajstić information content (AvgIpc) is 2.27. The molecule has 6 heteroatoms. The van der Waals surface area contributed by atoms with Gasteiger partial charge in [0.15, 0.2) is 5.96 Å². The van der Waals surface area contributed by atoms with E-state index in [2.05, 4.69) is 34.6 Å². The van der Waals surface area contributed by atoms with Crippen molar-refractivity contribution in [2.75, 3.05) is 37.8 Å². The van der Waals surface area contributed by atoms with Gasteiger partial charge in [-0.1, -0.05) is 0 Å². The van der Waals surface area contributed by atoms with Crippen LogP contribution in [0.2, 0.25) is 0 Å². The molecule has 0 radical (unpaired) electrons. The molecule has 1 heterocycles. The summed E-state index contributed by atoms with van der Waals surface area (Å²) in [6, 6.07) is 3.76. The van der Waals surface area contributed by atoms with Crippen molar-refractivity contribution in [2.24, 2.45) is 5.73 Å². The van der Waals surface area contributed by atoms with Gasteiger partial charge in [-0.2, -0.15) is 0 Å². The fourth-order valence-electron chi connectivity index (χ4n) is 1.55. The standard InChI is InChI=1S/C12H22N6/c1-9-10(17-12(13)14)5-6-11(16-9)15-7-4-8-18(2)3/h5-6H,4,7-8H2,1-3H3,(H,15,16)(H4,13,14,17). The van der Waals surface area contributed by atoms with Gasteiger partial charge in [0.05, 0.1) is 11.4 Å². The first-order valence-corrected chi connectivity index (χ1v) is 5.96. The van der Waals surface area contributed by atoms with Crippen LogP contribution in [-0.2, 0) is 0 Å². The average molecular weight is 250 g/mol. The molecule has 0 aliphatic carbocycles. The minimum absolute atomic E-state index is 0.0772. The molecule has 0 aliphatic rings. The van der Waals surface area contributed by atoms with E-state index in [9.17, 15) is 0 Å². The Morgan fingerprint density at radius 1 is 1.44 bits per heavy atom. The van der Waals surface area contributed by atoms with Gasteiger partial charge in [-0.3, -0.25) is 5.41 Å². The number of guanidine groups is 1. The van der Waals surface area contributed by atoms with Gasteiger partial charge >= 0.3 is 0 Å². The van der Waals surface area contributed by atoms with Gasteiger partial charge in [0, 0.05) is 6.54 Å². The number of aromatic nitrogens is 1. The summed E-state index contributed by atoms with van der Waals surface area (Å²) in [6.07, 6.45) is 1.07. The summed E-state index contributed by atoms with van der Waals surface area (Å²) in [5.41, 5.74) is 6.87. The summed E-state index contributed by atoms with van der Waals surface area (Å²) in [6.45, 7) is 3.83. The first-order chi connectivity index (χ1) is 8.49. The molecule has 0 saturated heterocycles. The number of nitrogens with zero attached hydrogens (tertiary/aromatic N) is 2. The summed E-state index contributed by atoms with van der Waals surface area (Å²) in [4.78, 5) is 6.56. The van der Waals surface area contributed by atoms with Crippen molar-refractivity contribution in [3.63, 3.8) is 0 Å². The van der Waals surface area contributed by atoms with E-state index < -0.39 is 0 Å². The van der Waals surface area contributed by atoms with Crippen molar-refractivity contribution < 1.29 is 0 Å². The van der Waals surface area contributed by atoms with E-state index in [-0.39, 0.29) is 5.96 Å². The highest BCUT2D eigenvalue weighted by Crippen LogP contribution is 2.15. The van der Waals surface area contributed by atoms with Crippen molar-refractivity contribution >= 4 is 17.5 Å². The molecule has 0 aromatic carbocycles. The van der Waals surface area contributed by atoms with Crippen molar-refractivity contribution in [2.45, 2.75) is 13.3 Å². The Bertz CT molecular complexity index is 402. The first-order valence-electron chi connectivity index (χ1n) is 5.96.